The number of nitrogens with one attached hydrogen (secondary N) is 2. The van der Waals surface area contributed by atoms with Crippen LogP contribution in [0, 0.1) is 10.1 Å². The molecule has 1 unspecified atom stereocenters. The summed E-state index contributed by atoms with van der Waals surface area (Å²) in [5.41, 5.74) is 1.78. The molecule has 31 heavy (non-hydrogen) atoms. The number of hydrogen-bond acceptors (Lipinski definition) is 9. The zero-order chi connectivity index (χ0) is 21.5. The van der Waals surface area contributed by atoms with Gasteiger partial charge in [-0.25, -0.2) is 5.10 Å². The Kier molecular flexibility index (Phi) is 4.17. The third kappa shape index (κ3) is 2.97. The van der Waals surface area contributed by atoms with Crippen LogP contribution in [-0.2, 0) is 0 Å². The van der Waals surface area contributed by atoms with E-state index < -0.39 is 16.5 Å². The van der Waals surface area contributed by atoms with Crippen molar-refractivity contribution in [2.75, 3.05) is 12.4 Å². The van der Waals surface area contributed by atoms with E-state index in [0.29, 0.717) is 22.6 Å². The Labute approximate surface area is 173 Å². The van der Waals surface area contributed by atoms with E-state index >= 15 is 0 Å². The molecule has 2 N–H and O–H groups in total. The molecule has 0 aliphatic carbocycles. The van der Waals surface area contributed by atoms with Gasteiger partial charge in [-0.05, 0) is 28.1 Å². The molecule has 2 aromatic heterocycles. The molecule has 1 atom stereocenters. The van der Waals surface area contributed by atoms with Crippen LogP contribution in [-0.4, -0.2) is 42.4 Å². The third-order valence-corrected chi connectivity index (χ3v) is 5.03. The lowest BCUT2D eigenvalue weighted by atomic mass is 9.92. The Morgan fingerprint density at radius 3 is 2.74 bits per heavy atom. The van der Waals surface area contributed by atoms with Gasteiger partial charge in [0.05, 0.1) is 17.7 Å². The molecule has 0 bridgehead atoms. The van der Waals surface area contributed by atoms with Crippen LogP contribution >= 0.6 is 0 Å². The van der Waals surface area contributed by atoms with Gasteiger partial charge in [0.15, 0.2) is 0 Å². The van der Waals surface area contributed by atoms with E-state index in [9.17, 15) is 14.9 Å². The number of tetrazole rings is 1. The molecule has 0 amide bonds. The monoisotopic (exact) mass is 418 g/mol. The van der Waals surface area contributed by atoms with Gasteiger partial charge in [-0.2, -0.15) is 9.78 Å². The van der Waals surface area contributed by atoms with Gasteiger partial charge in [-0.3, -0.25) is 14.9 Å². The molecule has 0 radical (unpaired) electrons. The highest BCUT2D eigenvalue weighted by Crippen LogP contribution is 2.41. The molecule has 12 heteroatoms. The van der Waals surface area contributed by atoms with E-state index in [2.05, 4.69) is 31.0 Å². The molecule has 3 heterocycles. The Bertz CT molecular complexity index is 1360. The highest BCUT2D eigenvalue weighted by molar-refractivity contribution is 5.76. The number of nitro benzene ring substituents is 1. The minimum atomic E-state index is -0.601. The average molecular weight is 418 g/mol. The summed E-state index contributed by atoms with van der Waals surface area (Å²) >= 11 is 0. The van der Waals surface area contributed by atoms with Crippen LogP contribution in [0.1, 0.15) is 17.2 Å². The first-order valence-electron chi connectivity index (χ1n) is 9.13. The molecule has 0 spiro atoms. The Balaban J connectivity index is 1.78. The van der Waals surface area contributed by atoms with Crippen LogP contribution in [0.25, 0.3) is 11.3 Å². The zero-order valence-corrected chi connectivity index (χ0v) is 16.0. The van der Waals surface area contributed by atoms with Crippen LogP contribution in [0.3, 0.4) is 0 Å². The van der Waals surface area contributed by atoms with Gasteiger partial charge in [0, 0.05) is 23.3 Å². The lowest BCUT2D eigenvalue weighted by molar-refractivity contribution is -0.384. The van der Waals surface area contributed by atoms with Crippen LogP contribution in [0.2, 0.25) is 0 Å². The van der Waals surface area contributed by atoms with Crippen molar-refractivity contribution in [3.63, 3.8) is 0 Å². The first kappa shape index (κ1) is 18.4. The standard InChI is InChI=1S/C19H14N8O4/c1-31-13-7-5-10(6-8-13)17-14-15(11-3-2-4-12(9-11)27(29)30)21-22-18(28)16(14)20-19-23-24-25-26(17)19/h2-9,17H,1H3,(H,22,28)(H,20,23,25). The molecular formula is C19H14N8O4. The number of aromatic nitrogens is 6. The van der Waals surface area contributed by atoms with Gasteiger partial charge < -0.3 is 10.1 Å². The van der Waals surface area contributed by atoms with E-state index in [1.807, 2.05) is 12.1 Å². The summed E-state index contributed by atoms with van der Waals surface area (Å²) in [6.45, 7) is 0. The Morgan fingerprint density at radius 1 is 1.19 bits per heavy atom. The SMILES string of the molecule is COc1ccc(C2c3c(-c4cccc([N+](=O)[O-])c4)n[nH]c(=O)c3Nc3nnnn32)cc1. The molecule has 12 nitrogen and oxygen atoms in total. The molecule has 2 aromatic carbocycles. The van der Waals surface area contributed by atoms with Crippen LogP contribution in [0.5, 0.6) is 5.75 Å². The molecular weight excluding hydrogens is 404 g/mol. The number of aromatic amines is 1. The normalized spacial score (nSPS) is 14.3. The lowest BCUT2D eigenvalue weighted by Gasteiger charge is -2.27. The summed E-state index contributed by atoms with van der Waals surface area (Å²) in [6.07, 6.45) is 0. The van der Waals surface area contributed by atoms with Crippen molar-refractivity contribution in [1.82, 2.24) is 30.4 Å². The summed E-state index contributed by atoms with van der Waals surface area (Å²) in [5, 5.41) is 32.6. The summed E-state index contributed by atoms with van der Waals surface area (Å²) in [5.74, 6) is 0.952. The maximum absolute atomic E-state index is 12.6. The van der Waals surface area contributed by atoms with Crippen molar-refractivity contribution in [3.05, 3.63) is 80.1 Å². The fraction of sp³-hybridized carbons (Fsp3) is 0.105. The highest BCUT2D eigenvalue weighted by Gasteiger charge is 2.34. The summed E-state index contributed by atoms with van der Waals surface area (Å²) < 4.78 is 6.77. The number of hydrogen-bond donors (Lipinski definition) is 2. The van der Waals surface area contributed by atoms with E-state index in [1.165, 1.54) is 16.8 Å². The molecule has 1 aliphatic rings. The second kappa shape index (κ2) is 7.02. The number of fused-ring (bicyclic) bond motifs is 2. The number of H-pyrrole nitrogens is 1. The Morgan fingerprint density at radius 2 is 2.00 bits per heavy atom. The van der Waals surface area contributed by atoms with Crippen molar-refractivity contribution in [1.29, 1.82) is 0 Å². The first-order valence-corrected chi connectivity index (χ1v) is 9.13. The molecule has 0 saturated carbocycles. The quantitative estimate of drug-likeness (QED) is 0.329. The maximum atomic E-state index is 12.6. The fourth-order valence-corrected chi connectivity index (χ4v) is 3.62. The van der Waals surface area contributed by atoms with Gasteiger partial charge in [-0.15, -0.1) is 0 Å². The third-order valence-electron chi connectivity index (χ3n) is 5.03. The maximum Gasteiger partial charge on any atom is 0.288 e. The van der Waals surface area contributed by atoms with Crippen molar-refractivity contribution in [2.45, 2.75) is 6.04 Å². The van der Waals surface area contributed by atoms with Crippen LogP contribution in [0.4, 0.5) is 17.3 Å². The molecule has 5 rings (SSSR count). The predicted octanol–water partition coefficient (Wildman–Crippen LogP) is 2.03. The number of nitro groups is 1. The molecule has 4 aromatic rings. The Hall–Kier alpha value is -4.61. The van der Waals surface area contributed by atoms with Crippen molar-refractivity contribution in [2.24, 2.45) is 0 Å². The minimum absolute atomic E-state index is 0.0906. The lowest BCUT2D eigenvalue weighted by Crippen LogP contribution is -2.29. The molecule has 154 valence electrons. The molecule has 0 fully saturated rings. The van der Waals surface area contributed by atoms with Gasteiger partial charge in [0.25, 0.3) is 11.2 Å². The van der Waals surface area contributed by atoms with E-state index in [0.717, 1.165) is 5.56 Å². The largest absolute Gasteiger partial charge is 0.497 e. The average Bonchev–Trinajstić information content (AvgIpc) is 3.27. The number of methoxy groups -OCH3 is 1. The van der Waals surface area contributed by atoms with Crippen molar-refractivity contribution < 1.29 is 9.66 Å². The van der Waals surface area contributed by atoms with Crippen LogP contribution in [0.15, 0.2) is 53.3 Å². The topological polar surface area (TPSA) is 154 Å². The second-order valence-corrected chi connectivity index (χ2v) is 6.75. The number of benzene rings is 2. The van der Waals surface area contributed by atoms with E-state index in [-0.39, 0.29) is 17.3 Å². The fourth-order valence-electron chi connectivity index (χ4n) is 3.62. The van der Waals surface area contributed by atoms with Gasteiger partial charge >= 0.3 is 0 Å². The van der Waals surface area contributed by atoms with Gasteiger partial charge in [0.2, 0.25) is 5.95 Å². The summed E-state index contributed by atoms with van der Waals surface area (Å²) in [4.78, 5) is 23.4. The number of rotatable bonds is 4. The van der Waals surface area contributed by atoms with Crippen LogP contribution < -0.4 is 15.6 Å². The molecule has 1 aliphatic heterocycles. The number of anilines is 2. The van der Waals surface area contributed by atoms with Crippen molar-refractivity contribution >= 4 is 17.3 Å². The minimum Gasteiger partial charge on any atom is -0.497 e. The molecule has 0 saturated heterocycles. The predicted molar refractivity (Wildman–Crippen MR) is 108 cm³/mol. The summed E-state index contributed by atoms with van der Waals surface area (Å²) in [6, 6.07) is 12.7. The summed E-state index contributed by atoms with van der Waals surface area (Å²) in [7, 11) is 1.57. The highest BCUT2D eigenvalue weighted by atomic mass is 16.6. The van der Waals surface area contributed by atoms with E-state index in [4.69, 9.17) is 4.74 Å². The second-order valence-electron chi connectivity index (χ2n) is 6.75. The van der Waals surface area contributed by atoms with Gasteiger partial charge in [-0.1, -0.05) is 29.4 Å². The number of non-ortho nitro benzene ring substituents is 1. The van der Waals surface area contributed by atoms with Crippen molar-refractivity contribution in [3.8, 4) is 17.0 Å². The smallest absolute Gasteiger partial charge is 0.288 e. The first-order chi connectivity index (χ1) is 15.1. The number of nitrogens with zero attached hydrogens (tertiary/aromatic N) is 6. The van der Waals surface area contributed by atoms with Gasteiger partial charge in [0.1, 0.15) is 17.5 Å². The zero-order valence-electron chi connectivity index (χ0n) is 16.0. The van der Waals surface area contributed by atoms with E-state index in [1.54, 1.807) is 31.4 Å². The number of ether oxygens (including phenoxy) is 1.